The minimum absolute atomic E-state index is 0.423. The topological polar surface area (TPSA) is 110 Å². The molecule has 25 heavy (non-hydrogen) atoms. The number of carbonyl (C=O) groups is 2. The van der Waals surface area contributed by atoms with Crippen molar-refractivity contribution in [1.82, 2.24) is 10.2 Å². The predicted octanol–water partition coefficient (Wildman–Crippen LogP) is 1.58. The molecule has 1 rings (SSSR count). The van der Waals surface area contributed by atoms with Crippen molar-refractivity contribution >= 4 is 11.9 Å². The lowest BCUT2D eigenvalue weighted by Gasteiger charge is -2.30. The maximum atomic E-state index is 10.0. The summed E-state index contributed by atoms with van der Waals surface area (Å²) in [6.45, 7) is 11.4. The van der Waals surface area contributed by atoms with E-state index >= 15 is 0 Å². The summed E-state index contributed by atoms with van der Waals surface area (Å²) in [5, 5.41) is 28.1. The summed E-state index contributed by atoms with van der Waals surface area (Å²) >= 11 is 0. The molecular weight excluding hydrogens is 324 g/mol. The lowest BCUT2D eigenvalue weighted by molar-refractivity contribution is -0.159. The van der Waals surface area contributed by atoms with Gasteiger partial charge in [0.2, 0.25) is 0 Å². The second-order valence-electron chi connectivity index (χ2n) is 6.17. The maximum absolute atomic E-state index is 10.0. The van der Waals surface area contributed by atoms with Crippen molar-refractivity contribution in [3.8, 4) is 0 Å². The van der Waals surface area contributed by atoms with Crippen LogP contribution < -0.4 is 5.32 Å². The highest BCUT2D eigenvalue weighted by Crippen LogP contribution is 2.10. The minimum atomic E-state index is -1.82. The third kappa shape index (κ3) is 10.5. The Bertz CT molecular complexity index is 485. The molecule has 7 heteroatoms. The summed E-state index contributed by atoms with van der Waals surface area (Å²) in [4.78, 5) is 20.6. The standard InChI is InChI=1S/C16H28N2O.C2H2O4/c1-13(2)18(14(3)4)11-10-17-12-16(19)15-8-6-5-7-9-15;3-1(4)2(5)6/h5-9,13-14,16-17,19H,10-12H2,1-4H3;(H,3,4)(H,5,6). The van der Waals surface area contributed by atoms with Gasteiger partial charge in [-0.1, -0.05) is 30.3 Å². The van der Waals surface area contributed by atoms with E-state index in [0.717, 1.165) is 18.7 Å². The molecule has 1 unspecified atom stereocenters. The van der Waals surface area contributed by atoms with E-state index in [1.165, 1.54) is 0 Å². The average Bonchev–Trinajstić information content (AvgIpc) is 2.55. The van der Waals surface area contributed by atoms with Gasteiger partial charge in [0.05, 0.1) is 6.10 Å². The fourth-order valence-corrected chi connectivity index (χ4v) is 2.35. The Kier molecular flexibility index (Phi) is 11.4. The molecule has 0 aromatic heterocycles. The van der Waals surface area contributed by atoms with Crippen LogP contribution in [-0.2, 0) is 9.59 Å². The number of benzene rings is 1. The Morgan fingerprint density at radius 3 is 1.88 bits per heavy atom. The third-order valence-corrected chi connectivity index (χ3v) is 3.58. The van der Waals surface area contributed by atoms with Crippen LogP contribution in [0.15, 0.2) is 30.3 Å². The normalized spacial score (nSPS) is 12.0. The quantitative estimate of drug-likeness (QED) is 0.414. The number of nitrogens with one attached hydrogen (secondary N) is 1. The molecule has 0 saturated carbocycles. The van der Waals surface area contributed by atoms with Crippen LogP contribution in [0.25, 0.3) is 0 Å². The molecule has 1 aromatic rings. The van der Waals surface area contributed by atoms with Gasteiger partial charge >= 0.3 is 11.9 Å². The molecule has 0 heterocycles. The minimum Gasteiger partial charge on any atom is -0.473 e. The van der Waals surface area contributed by atoms with E-state index < -0.39 is 18.0 Å². The second-order valence-corrected chi connectivity index (χ2v) is 6.17. The van der Waals surface area contributed by atoms with Gasteiger partial charge in [-0.2, -0.15) is 0 Å². The Labute approximate surface area is 149 Å². The number of hydrogen-bond donors (Lipinski definition) is 4. The van der Waals surface area contributed by atoms with Crippen molar-refractivity contribution in [3.05, 3.63) is 35.9 Å². The van der Waals surface area contributed by atoms with E-state index in [-0.39, 0.29) is 0 Å². The molecule has 0 spiro atoms. The fourth-order valence-electron chi connectivity index (χ4n) is 2.35. The lowest BCUT2D eigenvalue weighted by Crippen LogP contribution is -2.42. The van der Waals surface area contributed by atoms with Gasteiger partial charge in [0.15, 0.2) is 0 Å². The van der Waals surface area contributed by atoms with Crippen LogP contribution in [0, 0.1) is 0 Å². The Balaban J connectivity index is 0.000000823. The molecule has 0 radical (unpaired) electrons. The predicted molar refractivity (Wildman–Crippen MR) is 96.5 cm³/mol. The number of aliphatic carboxylic acids is 2. The van der Waals surface area contributed by atoms with Crippen LogP contribution in [0.2, 0.25) is 0 Å². The highest BCUT2D eigenvalue weighted by molar-refractivity contribution is 6.27. The second kappa shape index (κ2) is 12.4. The highest BCUT2D eigenvalue weighted by atomic mass is 16.4. The molecule has 142 valence electrons. The first-order chi connectivity index (χ1) is 11.7. The van der Waals surface area contributed by atoms with E-state index in [4.69, 9.17) is 19.8 Å². The zero-order valence-electron chi connectivity index (χ0n) is 15.3. The Morgan fingerprint density at radius 2 is 1.48 bits per heavy atom. The SMILES string of the molecule is CC(C)N(CCNCC(O)c1ccccc1)C(C)C.O=C(O)C(=O)O. The van der Waals surface area contributed by atoms with Crippen molar-refractivity contribution < 1.29 is 24.9 Å². The van der Waals surface area contributed by atoms with Crippen molar-refractivity contribution in [2.75, 3.05) is 19.6 Å². The van der Waals surface area contributed by atoms with E-state index in [1.54, 1.807) is 0 Å². The van der Waals surface area contributed by atoms with Crippen molar-refractivity contribution in [2.24, 2.45) is 0 Å². The molecule has 7 nitrogen and oxygen atoms in total. The molecule has 4 N–H and O–H groups in total. The summed E-state index contributed by atoms with van der Waals surface area (Å²) in [6.07, 6.45) is -0.423. The molecule has 0 amide bonds. The average molecular weight is 354 g/mol. The molecular formula is C18H30N2O5. The van der Waals surface area contributed by atoms with Gasteiger partial charge in [0.1, 0.15) is 0 Å². The number of rotatable bonds is 8. The first kappa shape index (κ1) is 23.0. The largest absolute Gasteiger partial charge is 0.473 e. The van der Waals surface area contributed by atoms with Crippen molar-refractivity contribution in [3.63, 3.8) is 0 Å². The Hall–Kier alpha value is -1.96. The smallest absolute Gasteiger partial charge is 0.414 e. The number of carboxylic acid groups (broad SMARTS) is 2. The van der Waals surface area contributed by atoms with Gasteiger partial charge in [0, 0.05) is 31.7 Å². The molecule has 0 aliphatic carbocycles. The zero-order chi connectivity index (χ0) is 19.4. The summed E-state index contributed by atoms with van der Waals surface area (Å²) in [5.41, 5.74) is 0.972. The molecule has 0 aliphatic heterocycles. The van der Waals surface area contributed by atoms with Gasteiger partial charge in [-0.05, 0) is 33.3 Å². The van der Waals surface area contributed by atoms with Crippen molar-refractivity contribution in [1.29, 1.82) is 0 Å². The molecule has 1 aromatic carbocycles. The summed E-state index contributed by atoms with van der Waals surface area (Å²) in [7, 11) is 0. The third-order valence-electron chi connectivity index (χ3n) is 3.58. The summed E-state index contributed by atoms with van der Waals surface area (Å²) in [5.74, 6) is -3.65. The summed E-state index contributed by atoms with van der Waals surface area (Å²) in [6, 6.07) is 10.9. The zero-order valence-corrected chi connectivity index (χ0v) is 15.3. The van der Waals surface area contributed by atoms with E-state index in [0.29, 0.717) is 18.6 Å². The number of aliphatic hydroxyl groups excluding tert-OH is 1. The first-order valence-electron chi connectivity index (χ1n) is 8.32. The van der Waals surface area contributed by atoms with Crippen LogP contribution in [0.1, 0.15) is 39.4 Å². The highest BCUT2D eigenvalue weighted by Gasteiger charge is 2.12. The van der Waals surface area contributed by atoms with Crippen LogP contribution >= 0.6 is 0 Å². The molecule has 0 saturated heterocycles. The van der Waals surface area contributed by atoms with Crippen LogP contribution in [-0.4, -0.2) is 63.9 Å². The van der Waals surface area contributed by atoms with Gasteiger partial charge in [-0.25, -0.2) is 9.59 Å². The van der Waals surface area contributed by atoms with Crippen molar-refractivity contribution in [2.45, 2.75) is 45.9 Å². The van der Waals surface area contributed by atoms with Crippen LogP contribution in [0.4, 0.5) is 0 Å². The molecule has 0 aliphatic rings. The number of nitrogens with zero attached hydrogens (tertiary/aromatic N) is 1. The molecule has 0 fully saturated rings. The van der Waals surface area contributed by atoms with E-state index in [1.807, 2.05) is 30.3 Å². The van der Waals surface area contributed by atoms with Gasteiger partial charge in [-0.15, -0.1) is 0 Å². The van der Waals surface area contributed by atoms with Gasteiger partial charge < -0.3 is 20.6 Å². The number of hydrogen-bond acceptors (Lipinski definition) is 5. The van der Waals surface area contributed by atoms with Gasteiger partial charge in [0.25, 0.3) is 0 Å². The van der Waals surface area contributed by atoms with E-state index in [9.17, 15) is 5.11 Å². The van der Waals surface area contributed by atoms with Crippen LogP contribution in [0.3, 0.4) is 0 Å². The van der Waals surface area contributed by atoms with Crippen LogP contribution in [0.5, 0.6) is 0 Å². The molecule has 1 atom stereocenters. The lowest BCUT2D eigenvalue weighted by atomic mass is 10.1. The summed E-state index contributed by atoms with van der Waals surface area (Å²) < 4.78 is 0. The number of carboxylic acids is 2. The first-order valence-corrected chi connectivity index (χ1v) is 8.32. The Morgan fingerprint density at radius 1 is 1.00 bits per heavy atom. The monoisotopic (exact) mass is 354 g/mol. The number of aliphatic hydroxyl groups is 1. The van der Waals surface area contributed by atoms with Gasteiger partial charge in [-0.3, -0.25) is 4.90 Å². The molecule has 0 bridgehead atoms. The van der Waals surface area contributed by atoms with E-state index in [2.05, 4.69) is 37.9 Å². The maximum Gasteiger partial charge on any atom is 0.414 e. The fraction of sp³-hybridized carbons (Fsp3) is 0.556.